The summed E-state index contributed by atoms with van der Waals surface area (Å²) in [7, 11) is 1.60. The van der Waals surface area contributed by atoms with Crippen molar-refractivity contribution in [3.05, 3.63) is 65.8 Å². The van der Waals surface area contributed by atoms with Crippen LogP contribution < -0.4 is 15.8 Å². The first kappa shape index (κ1) is 15.2. The summed E-state index contributed by atoms with van der Waals surface area (Å²) in [6.07, 6.45) is 1.75. The van der Waals surface area contributed by atoms with Gasteiger partial charge in [0, 0.05) is 16.9 Å². The highest BCUT2D eigenvalue weighted by Gasteiger charge is 2.05. The number of anilines is 3. The topological polar surface area (TPSA) is 60.2 Å². The van der Waals surface area contributed by atoms with Crippen LogP contribution in [0.15, 0.2) is 60.8 Å². The van der Waals surface area contributed by atoms with Gasteiger partial charge in [-0.25, -0.2) is 4.98 Å². The van der Waals surface area contributed by atoms with Gasteiger partial charge in [-0.2, -0.15) is 0 Å². The quantitative estimate of drug-likeness (QED) is 0.680. The van der Waals surface area contributed by atoms with Crippen LogP contribution in [0.1, 0.15) is 0 Å². The van der Waals surface area contributed by atoms with Crippen LogP contribution in [0.5, 0.6) is 5.75 Å². The van der Waals surface area contributed by atoms with Gasteiger partial charge in [0.15, 0.2) is 0 Å². The second kappa shape index (κ2) is 6.58. The van der Waals surface area contributed by atoms with Crippen LogP contribution in [0, 0.1) is 0 Å². The maximum absolute atomic E-state index is 6.00. The molecule has 0 amide bonds. The lowest BCUT2D eigenvalue weighted by Gasteiger charge is -2.10. The van der Waals surface area contributed by atoms with Gasteiger partial charge in [-0.05, 0) is 53.6 Å². The predicted molar refractivity (Wildman–Crippen MR) is 95.4 cm³/mol. The Bertz CT molecular complexity index is 836. The van der Waals surface area contributed by atoms with Gasteiger partial charge < -0.3 is 15.8 Å². The Balaban J connectivity index is 1.89. The van der Waals surface area contributed by atoms with Crippen molar-refractivity contribution in [2.45, 2.75) is 0 Å². The first-order valence-corrected chi connectivity index (χ1v) is 7.46. The average molecular weight is 326 g/mol. The zero-order valence-electron chi connectivity index (χ0n) is 12.6. The highest BCUT2D eigenvalue weighted by molar-refractivity contribution is 6.30. The molecule has 0 fully saturated rings. The Morgan fingerprint density at radius 3 is 2.61 bits per heavy atom. The third kappa shape index (κ3) is 3.55. The fourth-order valence-electron chi connectivity index (χ4n) is 2.31. The van der Waals surface area contributed by atoms with E-state index in [-0.39, 0.29) is 0 Å². The summed E-state index contributed by atoms with van der Waals surface area (Å²) >= 11 is 6.00. The van der Waals surface area contributed by atoms with Gasteiger partial charge in [0.2, 0.25) is 0 Å². The number of rotatable bonds is 4. The Morgan fingerprint density at radius 2 is 1.87 bits per heavy atom. The van der Waals surface area contributed by atoms with E-state index in [1.807, 2.05) is 54.6 Å². The zero-order chi connectivity index (χ0) is 16.2. The minimum atomic E-state index is 0.603. The fraction of sp³-hybridized carbons (Fsp3) is 0.0556. The Labute approximate surface area is 139 Å². The number of ether oxygens (including phenoxy) is 1. The summed E-state index contributed by atoms with van der Waals surface area (Å²) in [5, 5.41) is 3.92. The summed E-state index contributed by atoms with van der Waals surface area (Å²) in [6, 6.07) is 17.1. The van der Waals surface area contributed by atoms with Crippen LogP contribution in [0.25, 0.3) is 11.1 Å². The number of nitrogen functional groups attached to an aromatic ring is 1. The summed E-state index contributed by atoms with van der Waals surface area (Å²) in [5.74, 6) is 1.40. The molecule has 3 aromatic rings. The molecule has 0 atom stereocenters. The van der Waals surface area contributed by atoms with Crippen LogP contribution in [0.2, 0.25) is 5.02 Å². The number of nitrogens with zero attached hydrogens (tertiary/aromatic N) is 1. The molecule has 0 saturated heterocycles. The maximum atomic E-state index is 6.00. The highest BCUT2D eigenvalue weighted by atomic mass is 35.5. The van der Waals surface area contributed by atoms with E-state index in [1.54, 1.807) is 13.3 Å². The predicted octanol–water partition coefficient (Wildman–Crippen LogP) is 4.74. The van der Waals surface area contributed by atoms with Crippen LogP contribution in [-0.4, -0.2) is 12.1 Å². The first-order valence-electron chi connectivity index (χ1n) is 7.08. The number of nitrogens with one attached hydrogen (secondary N) is 1. The number of aromatic nitrogens is 1. The van der Waals surface area contributed by atoms with Crippen LogP contribution >= 0.6 is 11.6 Å². The molecule has 1 aromatic heterocycles. The molecule has 4 nitrogen and oxygen atoms in total. The van der Waals surface area contributed by atoms with Crippen molar-refractivity contribution in [2.24, 2.45) is 0 Å². The van der Waals surface area contributed by atoms with Crippen molar-refractivity contribution < 1.29 is 4.74 Å². The lowest BCUT2D eigenvalue weighted by molar-refractivity contribution is 0.417. The molecule has 0 radical (unpaired) electrons. The molecule has 1 heterocycles. The average Bonchev–Trinajstić information content (AvgIpc) is 2.55. The normalized spacial score (nSPS) is 10.3. The van der Waals surface area contributed by atoms with Crippen molar-refractivity contribution in [3.63, 3.8) is 0 Å². The van der Waals surface area contributed by atoms with Gasteiger partial charge in [-0.1, -0.05) is 23.7 Å². The summed E-state index contributed by atoms with van der Waals surface area (Å²) < 4.78 is 5.19. The highest BCUT2D eigenvalue weighted by Crippen LogP contribution is 2.29. The second-order valence-electron chi connectivity index (χ2n) is 5.02. The maximum Gasteiger partial charge on any atom is 0.141 e. The molecule has 3 N–H and O–H groups in total. The smallest absolute Gasteiger partial charge is 0.141 e. The minimum absolute atomic E-state index is 0.603. The number of benzene rings is 2. The third-order valence-corrected chi connectivity index (χ3v) is 3.66. The monoisotopic (exact) mass is 325 g/mol. The number of halogens is 1. The largest absolute Gasteiger partial charge is 0.495 e. The minimum Gasteiger partial charge on any atom is -0.495 e. The summed E-state index contributed by atoms with van der Waals surface area (Å²) in [6.45, 7) is 0. The third-order valence-electron chi connectivity index (χ3n) is 3.42. The molecular formula is C18H16ClN3O. The van der Waals surface area contributed by atoms with E-state index in [0.29, 0.717) is 16.5 Å². The van der Waals surface area contributed by atoms with E-state index in [9.17, 15) is 0 Å². The molecule has 0 aliphatic rings. The van der Waals surface area contributed by atoms with Crippen molar-refractivity contribution in [1.29, 1.82) is 0 Å². The number of nitrogens with two attached hydrogens (primary N) is 1. The van der Waals surface area contributed by atoms with Crippen molar-refractivity contribution in [2.75, 3.05) is 18.2 Å². The lowest BCUT2D eigenvalue weighted by atomic mass is 10.1. The van der Waals surface area contributed by atoms with Gasteiger partial charge in [0.25, 0.3) is 0 Å². The van der Waals surface area contributed by atoms with Gasteiger partial charge >= 0.3 is 0 Å². The van der Waals surface area contributed by atoms with E-state index in [0.717, 1.165) is 22.6 Å². The van der Waals surface area contributed by atoms with E-state index in [4.69, 9.17) is 22.1 Å². The molecular weight excluding hydrogens is 310 g/mol. The molecule has 23 heavy (non-hydrogen) atoms. The molecule has 2 aromatic carbocycles. The molecule has 0 bridgehead atoms. The second-order valence-corrected chi connectivity index (χ2v) is 5.46. The summed E-state index contributed by atoms with van der Waals surface area (Å²) in [5.41, 5.74) is 9.48. The van der Waals surface area contributed by atoms with Crippen molar-refractivity contribution in [3.8, 4) is 16.9 Å². The van der Waals surface area contributed by atoms with E-state index in [1.165, 1.54) is 0 Å². The molecule has 0 aliphatic heterocycles. The van der Waals surface area contributed by atoms with Crippen molar-refractivity contribution in [1.82, 2.24) is 4.98 Å². The Morgan fingerprint density at radius 1 is 1.04 bits per heavy atom. The van der Waals surface area contributed by atoms with Crippen LogP contribution in [0.4, 0.5) is 17.2 Å². The molecule has 0 spiro atoms. The number of hydrogen-bond acceptors (Lipinski definition) is 4. The molecule has 0 aliphatic carbocycles. The van der Waals surface area contributed by atoms with Gasteiger partial charge in [0.05, 0.1) is 12.8 Å². The van der Waals surface area contributed by atoms with E-state index >= 15 is 0 Å². The van der Waals surface area contributed by atoms with E-state index in [2.05, 4.69) is 10.3 Å². The van der Waals surface area contributed by atoms with Crippen LogP contribution in [-0.2, 0) is 0 Å². The molecule has 5 heteroatoms. The van der Waals surface area contributed by atoms with Gasteiger partial charge in [0.1, 0.15) is 11.6 Å². The van der Waals surface area contributed by atoms with Crippen LogP contribution in [0.3, 0.4) is 0 Å². The molecule has 0 unspecified atom stereocenters. The van der Waals surface area contributed by atoms with E-state index < -0.39 is 0 Å². The standard InChI is InChI=1S/C18H16ClN3O/c1-23-17-6-5-12(9-16(17)20)13-7-8-21-18(10-13)22-15-4-2-3-14(19)11-15/h2-11H,20H2,1H3,(H,21,22). The Hall–Kier alpha value is -2.72. The molecule has 116 valence electrons. The SMILES string of the molecule is COc1ccc(-c2ccnc(Nc3cccc(Cl)c3)c2)cc1N. The number of pyridine rings is 1. The molecule has 0 saturated carbocycles. The van der Waals surface area contributed by atoms with Crippen molar-refractivity contribution >= 4 is 28.8 Å². The zero-order valence-corrected chi connectivity index (χ0v) is 13.3. The number of methoxy groups -OCH3 is 1. The number of hydrogen-bond donors (Lipinski definition) is 2. The fourth-order valence-corrected chi connectivity index (χ4v) is 2.50. The Kier molecular flexibility index (Phi) is 4.35. The first-order chi connectivity index (χ1) is 11.2. The van der Waals surface area contributed by atoms with Gasteiger partial charge in [-0.3, -0.25) is 0 Å². The molecule has 3 rings (SSSR count). The lowest BCUT2D eigenvalue weighted by Crippen LogP contribution is -1.95. The van der Waals surface area contributed by atoms with Gasteiger partial charge in [-0.15, -0.1) is 0 Å². The summed E-state index contributed by atoms with van der Waals surface area (Å²) in [4.78, 5) is 4.34.